The molecule has 132 valence electrons. The zero-order valence-corrected chi connectivity index (χ0v) is 14.1. The molecule has 26 heavy (non-hydrogen) atoms. The van der Waals surface area contributed by atoms with Crippen LogP contribution in [0.3, 0.4) is 0 Å². The van der Waals surface area contributed by atoms with Gasteiger partial charge in [0.15, 0.2) is 5.66 Å². The molecule has 4 N–H and O–H groups in total. The number of aromatic nitrogens is 2. The standard InChI is InChI=1S/C19H18FN5O/c1-12-10-17(25-24-12)22-19(13-6-2-4-8-15(13)20)14-7-3-5-9-16(14)21-18(11-26)23-19/h2-10,26H,11H2,1H3,(H,21,23)(H2,22,24,25). The summed E-state index contributed by atoms with van der Waals surface area (Å²) in [6.45, 7) is 1.58. The maximum atomic E-state index is 14.8. The number of aliphatic hydroxyl groups excluding tert-OH is 1. The summed E-state index contributed by atoms with van der Waals surface area (Å²) < 4.78 is 14.8. The number of H-pyrrole nitrogens is 1. The van der Waals surface area contributed by atoms with Crippen molar-refractivity contribution in [2.24, 2.45) is 4.99 Å². The molecule has 0 fully saturated rings. The molecular formula is C19H18FN5O. The first-order chi connectivity index (χ1) is 12.6. The number of fused-ring (bicyclic) bond motifs is 1. The molecule has 4 rings (SSSR count). The zero-order chi connectivity index (χ0) is 18.1. The van der Waals surface area contributed by atoms with Gasteiger partial charge in [-0.2, -0.15) is 5.10 Å². The minimum absolute atomic E-state index is 0.300. The molecule has 1 aromatic heterocycles. The lowest BCUT2D eigenvalue weighted by atomic mass is 9.88. The first-order valence-corrected chi connectivity index (χ1v) is 8.24. The van der Waals surface area contributed by atoms with Gasteiger partial charge in [0, 0.05) is 28.6 Å². The molecule has 2 aromatic carbocycles. The van der Waals surface area contributed by atoms with Crippen LogP contribution in [0.4, 0.5) is 15.9 Å². The summed E-state index contributed by atoms with van der Waals surface area (Å²) in [7, 11) is 0. The molecule has 1 unspecified atom stereocenters. The summed E-state index contributed by atoms with van der Waals surface area (Å²) in [6, 6.07) is 15.8. The summed E-state index contributed by atoms with van der Waals surface area (Å²) in [4.78, 5) is 4.66. The van der Waals surface area contributed by atoms with Crippen LogP contribution in [0.5, 0.6) is 0 Å². The SMILES string of the molecule is Cc1cc(NC2(c3ccccc3F)N=C(CO)Nc3ccccc32)n[nH]1. The number of nitrogens with zero attached hydrogens (tertiary/aromatic N) is 2. The van der Waals surface area contributed by atoms with Gasteiger partial charge in [0.2, 0.25) is 0 Å². The monoisotopic (exact) mass is 351 g/mol. The molecule has 1 aliphatic heterocycles. The number of aliphatic hydroxyl groups is 1. The second kappa shape index (κ2) is 6.27. The molecule has 0 amide bonds. The van der Waals surface area contributed by atoms with Crippen LogP contribution in [0.15, 0.2) is 59.6 Å². The maximum absolute atomic E-state index is 14.8. The molecule has 1 atom stereocenters. The quantitative estimate of drug-likeness (QED) is 0.582. The smallest absolute Gasteiger partial charge is 0.189 e. The van der Waals surface area contributed by atoms with Gasteiger partial charge in [-0.3, -0.25) is 5.10 Å². The maximum Gasteiger partial charge on any atom is 0.189 e. The van der Waals surface area contributed by atoms with E-state index in [1.807, 2.05) is 37.3 Å². The first kappa shape index (κ1) is 16.3. The van der Waals surface area contributed by atoms with E-state index in [-0.39, 0.29) is 6.61 Å². The average molecular weight is 351 g/mol. The molecule has 0 aliphatic carbocycles. The van der Waals surface area contributed by atoms with Crippen molar-refractivity contribution in [2.45, 2.75) is 12.6 Å². The fourth-order valence-corrected chi connectivity index (χ4v) is 3.22. The van der Waals surface area contributed by atoms with Crippen LogP contribution < -0.4 is 10.6 Å². The van der Waals surface area contributed by atoms with Gasteiger partial charge in [-0.15, -0.1) is 0 Å². The van der Waals surface area contributed by atoms with Gasteiger partial charge in [-0.1, -0.05) is 36.4 Å². The van der Waals surface area contributed by atoms with E-state index in [0.717, 1.165) is 16.9 Å². The van der Waals surface area contributed by atoms with Crippen molar-refractivity contribution in [3.05, 3.63) is 77.2 Å². The fraction of sp³-hybridized carbons (Fsp3) is 0.158. The van der Waals surface area contributed by atoms with Crippen molar-refractivity contribution in [1.29, 1.82) is 0 Å². The molecule has 3 aromatic rings. The van der Waals surface area contributed by atoms with E-state index in [0.29, 0.717) is 17.2 Å². The summed E-state index contributed by atoms with van der Waals surface area (Å²) in [5, 5.41) is 23.2. The minimum Gasteiger partial charge on any atom is -0.388 e. The van der Waals surface area contributed by atoms with Gasteiger partial charge in [-0.25, -0.2) is 9.38 Å². The molecule has 7 heteroatoms. The number of anilines is 2. The van der Waals surface area contributed by atoms with E-state index in [2.05, 4.69) is 25.8 Å². The van der Waals surface area contributed by atoms with Crippen molar-refractivity contribution in [1.82, 2.24) is 10.2 Å². The van der Waals surface area contributed by atoms with E-state index in [4.69, 9.17) is 0 Å². The molecular weight excluding hydrogens is 333 g/mol. The number of aromatic amines is 1. The predicted octanol–water partition coefficient (Wildman–Crippen LogP) is 2.99. The molecule has 1 aliphatic rings. The number of nitrogens with one attached hydrogen (secondary N) is 3. The summed E-state index contributed by atoms with van der Waals surface area (Å²) in [5.41, 5.74) is 1.44. The van der Waals surface area contributed by atoms with Crippen molar-refractivity contribution in [3.63, 3.8) is 0 Å². The summed E-state index contributed by atoms with van der Waals surface area (Å²) in [5.74, 6) is 0.472. The van der Waals surface area contributed by atoms with Crippen LogP contribution in [-0.4, -0.2) is 27.7 Å². The average Bonchev–Trinajstić information content (AvgIpc) is 3.06. The van der Waals surface area contributed by atoms with Crippen molar-refractivity contribution in [3.8, 4) is 0 Å². The van der Waals surface area contributed by atoms with Crippen LogP contribution in [0.1, 0.15) is 16.8 Å². The zero-order valence-electron chi connectivity index (χ0n) is 14.1. The van der Waals surface area contributed by atoms with Crippen LogP contribution >= 0.6 is 0 Å². The second-order valence-corrected chi connectivity index (χ2v) is 6.14. The Morgan fingerprint density at radius 3 is 2.54 bits per heavy atom. The van der Waals surface area contributed by atoms with Gasteiger partial charge in [0.25, 0.3) is 0 Å². The Labute approximate surface area is 149 Å². The first-order valence-electron chi connectivity index (χ1n) is 8.24. The molecule has 0 saturated heterocycles. The van der Waals surface area contributed by atoms with Crippen LogP contribution in [0.2, 0.25) is 0 Å². The predicted molar refractivity (Wildman–Crippen MR) is 98.7 cm³/mol. The second-order valence-electron chi connectivity index (χ2n) is 6.14. The lowest BCUT2D eigenvalue weighted by molar-refractivity contribution is 0.354. The Kier molecular flexibility index (Phi) is 3.93. The molecule has 0 radical (unpaired) electrons. The lowest BCUT2D eigenvalue weighted by Gasteiger charge is -2.37. The number of aryl methyl sites for hydroxylation is 1. The Bertz CT molecular complexity index is 983. The lowest BCUT2D eigenvalue weighted by Crippen LogP contribution is -2.42. The fourth-order valence-electron chi connectivity index (χ4n) is 3.22. The Morgan fingerprint density at radius 1 is 1.12 bits per heavy atom. The summed E-state index contributed by atoms with van der Waals surface area (Å²) in [6.07, 6.45) is 0. The number of halogens is 1. The number of rotatable bonds is 4. The van der Waals surface area contributed by atoms with E-state index < -0.39 is 11.5 Å². The minimum atomic E-state index is -1.26. The molecule has 0 spiro atoms. The van der Waals surface area contributed by atoms with Crippen LogP contribution in [0.25, 0.3) is 0 Å². The number of hydrogen-bond donors (Lipinski definition) is 4. The highest BCUT2D eigenvalue weighted by atomic mass is 19.1. The van der Waals surface area contributed by atoms with Crippen molar-refractivity contribution >= 4 is 17.3 Å². The molecule has 0 bridgehead atoms. The highest BCUT2D eigenvalue weighted by Gasteiger charge is 2.41. The number of para-hydroxylation sites is 1. The van der Waals surface area contributed by atoms with Crippen LogP contribution in [0, 0.1) is 12.7 Å². The Balaban J connectivity index is 1.99. The van der Waals surface area contributed by atoms with Crippen molar-refractivity contribution in [2.75, 3.05) is 17.2 Å². The molecule has 6 nitrogen and oxygen atoms in total. The topological polar surface area (TPSA) is 85.3 Å². The largest absolute Gasteiger partial charge is 0.388 e. The van der Waals surface area contributed by atoms with Gasteiger partial charge in [0.1, 0.15) is 24.1 Å². The van der Waals surface area contributed by atoms with E-state index >= 15 is 0 Å². The van der Waals surface area contributed by atoms with Gasteiger partial charge in [0.05, 0.1) is 0 Å². The highest BCUT2D eigenvalue weighted by Crippen LogP contribution is 2.42. The number of amidine groups is 1. The van der Waals surface area contributed by atoms with Crippen LogP contribution in [-0.2, 0) is 5.66 Å². The highest BCUT2D eigenvalue weighted by molar-refractivity contribution is 6.00. The normalized spacial score (nSPS) is 18.7. The third kappa shape index (κ3) is 2.62. The number of aliphatic imine (C=N–C) groups is 1. The van der Waals surface area contributed by atoms with Crippen molar-refractivity contribution < 1.29 is 9.50 Å². The molecule has 2 heterocycles. The number of benzene rings is 2. The van der Waals surface area contributed by atoms with Gasteiger partial charge in [-0.05, 0) is 19.1 Å². The van der Waals surface area contributed by atoms with Gasteiger partial charge < -0.3 is 15.7 Å². The third-order valence-corrected chi connectivity index (χ3v) is 4.33. The Morgan fingerprint density at radius 2 is 1.85 bits per heavy atom. The van der Waals surface area contributed by atoms with E-state index in [1.165, 1.54) is 6.07 Å². The Hall–Kier alpha value is -3.19. The third-order valence-electron chi connectivity index (χ3n) is 4.33. The van der Waals surface area contributed by atoms with E-state index in [9.17, 15) is 9.50 Å². The number of hydrogen-bond acceptors (Lipinski definition) is 5. The summed E-state index contributed by atoms with van der Waals surface area (Å²) >= 11 is 0. The molecule has 0 saturated carbocycles. The van der Waals surface area contributed by atoms with Gasteiger partial charge >= 0.3 is 0 Å². The van der Waals surface area contributed by atoms with E-state index in [1.54, 1.807) is 18.2 Å².